The number of carbonyl (C=O) groups is 1. The maximum absolute atomic E-state index is 11.8. The number of amides is 1. The van der Waals surface area contributed by atoms with Gasteiger partial charge in [0.05, 0.1) is 0 Å². The molecule has 1 amide bonds. The molecule has 0 saturated carbocycles. The lowest BCUT2D eigenvalue weighted by Gasteiger charge is -2.21. The van der Waals surface area contributed by atoms with Gasteiger partial charge in [-0.25, -0.2) is 4.98 Å². The monoisotopic (exact) mass is 448 g/mol. The first kappa shape index (κ1) is 21.7. The van der Waals surface area contributed by atoms with Gasteiger partial charge in [-0.3, -0.25) is 9.20 Å². The molecule has 2 heterocycles. The highest BCUT2D eigenvalue weighted by atomic mass is 16.1. The van der Waals surface area contributed by atoms with Crippen molar-refractivity contribution in [1.82, 2.24) is 9.38 Å². The van der Waals surface area contributed by atoms with Gasteiger partial charge >= 0.3 is 0 Å². The van der Waals surface area contributed by atoms with Gasteiger partial charge in [0.1, 0.15) is 17.2 Å². The molecular formula is C29H28N4O. The van der Waals surface area contributed by atoms with E-state index in [0.717, 1.165) is 46.0 Å². The molecule has 1 atom stereocenters. The lowest BCUT2D eigenvalue weighted by atomic mass is 9.85. The summed E-state index contributed by atoms with van der Waals surface area (Å²) in [7, 11) is 0. The fourth-order valence-corrected chi connectivity index (χ4v) is 4.61. The van der Waals surface area contributed by atoms with Gasteiger partial charge in [-0.2, -0.15) is 0 Å². The first-order valence-electron chi connectivity index (χ1n) is 11.6. The molecule has 0 fully saturated rings. The minimum atomic E-state index is -0.428. The van der Waals surface area contributed by atoms with Crippen molar-refractivity contribution >= 4 is 34.2 Å². The predicted molar refractivity (Wildman–Crippen MR) is 139 cm³/mol. The number of benzene rings is 2. The second-order valence-corrected chi connectivity index (χ2v) is 8.99. The van der Waals surface area contributed by atoms with Crippen molar-refractivity contribution in [3.8, 4) is 0 Å². The van der Waals surface area contributed by atoms with E-state index in [9.17, 15) is 4.79 Å². The van der Waals surface area contributed by atoms with E-state index in [1.165, 1.54) is 11.1 Å². The van der Waals surface area contributed by atoms with Gasteiger partial charge in [0.2, 0.25) is 5.91 Å². The van der Waals surface area contributed by atoms with E-state index in [-0.39, 0.29) is 0 Å². The number of hydrogen-bond acceptors (Lipinski definition) is 3. The SMILES string of the molecule is Cc1cccc(C)c1Nc1c(C2=CC(C)CC=C2c2cccc(C(N)=O)c2)nc2ccccn12. The number of anilines is 2. The number of pyridine rings is 1. The summed E-state index contributed by atoms with van der Waals surface area (Å²) in [6.45, 7) is 6.43. The van der Waals surface area contributed by atoms with Gasteiger partial charge in [0, 0.05) is 23.0 Å². The number of imidazole rings is 1. The fraction of sp³-hybridized carbons (Fsp3) is 0.172. The number of hydrogen-bond donors (Lipinski definition) is 2. The summed E-state index contributed by atoms with van der Waals surface area (Å²) in [4.78, 5) is 16.9. The third kappa shape index (κ3) is 3.90. The molecule has 0 radical (unpaired) electrons. The highest BCUT2D eigenvalue weighted by Crippen LogP contribution is 2.41. The molecule has 2 aromatic heterocycles. The van der Waals surface area contributed by atoms with Gasteiger partial charge in [0.25, 0.3) is 0 Å². The molecule has 0 saturated heterocycles. The van der Waals surface area contributed by atoms with Gasteiger partial charge in [-0.1, -0.05) is 55.5 Å². The van der Waals surface area contributed by atoms with Crippen LogP contribution in [0.25, 0.3) is 16.8 Å². The van der Waals surface area contributed by atoms with Crippen LogP contribution in [0.5, 0.6) is 0 Å². The Morgan fingerprint density at radius 2 is 1.79 bits per heavy atom. The van der Waals surface area contributed by atoms with Gasteiger partial charge in [-0.15, -0.1) is 0 Å². The van der Waals surface area contributed by atoms with Crippen molar-refractivity contribution < 1.29 is 4.79 Å². The van der Waals surface area contributed by atoms with Crippen LogP contribution in [0.1, 0.15) is 46.1 Å². The summed E-state index contributed by atoms with van der Waals surface area (Å²) >= 11 is 0. The largest absolute Gasteiger partial charge is 0.366 e. The molecule has 4 aromatic rings. The van der Waals surface area contributed by atoms with Crippen molar-refractivity contribution in [2.24, 2.45) is 11.7 Å². The third-order valence-corrected chi connectivity index (χ3v) is 6.40. The van der Waals surface area contributed by atoms with Gasteiger partial charge in [-0.05, 0) is 72.7 Å². The number of nitrogens with one attached hydrogen (secondary N) is 1. The van der Waals surface area contributed by atoms with E-state index in [0.29, 0.717) is 11.5 Å². The smallest absolute Gasteiger partial charge is 0.248 e. The second kappa shape index (κ2) is 8.67. The molecule has 1 aliphatic carbocycles. The molecule has 34 heavy (non-hydrogen) atoms. The topological polar surface area (TPSA) is 72.4 Å². The zero-order chi connectivity index (χ0) is 23.8. The molecular weight excluding hydrogens is 420 g/mol. The zero-order valence-corrected chi connectivity index (χ0v) is 19.7. The van der Waals surface area contributed by atoms with E-state index >= 15 is 0 Å². The Bertz CT molecular complexity index is 1450. The Hall–Kier alpha value is -4.12. The first-order chi connectivity index (χ1) is 16.4. The highest BCUT2D eigenvalue weighted by molar-refractivity contribution is 6.08. The number of primary amides is 1. The average Bonchev–Trinajstić information content (AvgIpc) is 3.20. The van der Waals surface area contributed by atoms with E-state index in [4.69, 9.17) is 10.7 Å². The number of aryl methyl sites for hydroxylation is 2. The van der Waals surface area contributed by atoms with Crippen LogP contribution in [0.3, 0.4) is 0 Å². The van der Waals surface area contributed by atoms with Crippen LogP contribution in [0, 0.1) is 19.8 Å². The molecule has 5 rings (SSSR count). The molecule has 2 aromatic carbocycles. The molecule has 170 valence electrons. The minimum Gasteiger partial charge on any atom is -0.366 e. The molecule has 3 N–H and O–H groups in total. The van der Waals surface area contributed by atoms with Crippen LogP contribution in [0.2, 0.25) is 0 Å². The fourth-order valence-electron chi connectivity index (χ4n) is 4.61. The molecule has 5 heteroatoms. The Kier molecular flexibility index (Phi) is 5.54. The predicted octanol–water partition coefficient (Wildman–Crippen LogP) is 6.30. The summed E-state index contributed by atoms with van der Waals surface area (Å²) in [5, 5.41) is 3.70. The maximum atomic E-state index is 11.8. The highest BCUT2D eigenvalue weighted by Gasteiger charge is 2.24. The van der Waals surface area contributed by atoms with Crippen LogP contribution in [0.15, 0.2) is 79.0 Å². The van der Waals surface area contributed by atoms with Crippen molar-refractivity contribution in [2.75, 3.05) is 5.32 Å². The number of rotatable bonds is 5. The first-order valence-corrected chi connectivity index (χ1v) is 11.6. The molecule has 0 bridgehead atoms. The lowest BCUT2D eigenvalue weighted by Crippen LogP contribution is -2.11. The van der Waals surface area contributed by atoms with E-state index in [1.54, 1.807) is 6.07 Å². The van der Waals surface area contributed by atoms with E-state index in [2.05, 4.69) is 60.8 Å². The Morgan fingerprint density at radius 3 is 2.56 bits per heavy atom. The van der Waals surface area contributed by atoms with Crippen LogP contribution < -0.4 is 11.1 Å². The summed E-state index contributed by atoms with van der Waals surface area (Å²) in [6, 6.07) is 19.8. The summed E-state index contributed by atoms with van der Waals surface area (Å²) in [5.74, 6) is 0.864. The van der Waals surface area contributed by atoms with Crippen LogP contribution in [-0.2, 0) is 0 Å². The van der Waals surface area contributed by atoms with E-state index in [1.807, 2.05) is 42.6 Å². The Labute approximate surface area is 199 Å². The maximum Gasteiger partial charge on any atom is 0.248 e. The second-order valence-electron chi connectivity index (χ2n) is 8.99. The molecule has 1 unspecified atom stereocenters. The van der Waals surface area contributed by atoms with Crippen LogP contribution >= 0.6 is 0 Å². The molecule has 0 spiro atoms. The number of aromatic nitrogens is 2. The minimum absolute atomic E-state index is 0.371. The van der Waals surface area contributed by atoms with Crippen molar-refractivity contribution in [3.05, 3.63) is 107 Å². The molecule has 5 nitrogen and oxygen atoms in total. The number of nitrogens with two attached hydrogens (primary N) is 1. The van der Waals surface area contributed by atoms with Crippen LogP contribution in [-0.4, -0.2) is 15.3 Å². The number of fused-ring (bicyclic) bond motifs is 1. The Morgan fingerprint density at radius 1 is 1.03 bits per heavy atom. The summed E-state index contributed by atoms with van der Waals surface area (Å²) in [6.07, 6.45) is 7.48. The average molecular weight is 449 g/mol. The number of carbonyl (C=O) groups excluding carboxylic acids is 1. The Balaban J connectivity index is 1.70. The van der Waals surface area contributed by atoms with Gasteiger partial charge < -0.3 is 11.1 Å². The van der Waals surface area contributed by atoms with Crippen molar-refractivity contribution in [1.29, 1.82) is 0 Å². The summed E-state index contributed by atoms with van der Waals surface area (Å²) in [5.41, 5.74) is 14.3. The third-order valence-electron chi connectivity index (χ3n) is 6.40. The number of allylic oxidation sites excluding steroid dienone is 4. The zero-order valence-electron chi connectivity index (χ0n) is 19.7. The number of nitrogens with zero attached hydrogens (tertiary/aromatic N) is 2. The number of para-hydroxylation sites is 1. The van der Waals surface area contributed by atoms with E-state index < -0.39 is 5.91 Å². The quantitative estimate of drug-likeness (QED) is 0.376. The van der Waals surface area contributed by atoms with Crippen LogP contribution in [0.4, 0.5) is 11.5 Å². The van der Waals surface area contributed by atoms with Crippen molar-refractivity contribution in [3.63, 3.8) is 0 Å². The lowest BCUT2D eigenvalue weighted by molar-refractivity contribution is 0.1000. The van der Waals surface area contributed by atoms with Gasteiger partial charge in [0.15, 0.2) is 0 Å². The summed E-state index contributed by atoms with van der Waals surface area (Å²) < 4.78 is 2.10. The van der Waals surface area contributed by atoms with Crippen molar-refractivity contribution in [2.45, 2.75) is 27.2 Å². The normalized spacial score (nSPS) is 15.7. The standard InChI is InChI=1S/C29H28N4O/c1-18-13-14-23(21-10-7-11-22(17-21)28(30)34)24(16-18)27-29(33-15-5-4-12-25(33)31-27)32-26-19(2)8-6-9-20(26)3/h4-12,14-18,32H,13H2,1-3H3,(H2,30,34). The molecule has 0 aliphatic heterocycles. The molecule has 1 aliphatic rings.